The summed E-state index contributed by atoms with van der Waals surface area (Å²) < 4.78 is 28.4. The normalized spacial score (nSPS) is 37.8. The van der Waals surface area contributed by atoms with E-state index in [1.54, 1.807) is 7.11 Å². The molecule has 2 fully saturated rings. The van der Waals surface area contributed by atoms with Crippen LogP contribution in [0.3, 0.4) is 0 Å². The smallest absolute Gasteiger partial charge is 0.151 e. The molecule has 1 saturated heterocycles. The van der Waals surface area contributed by atoms with E-state index in [9.17, 15) is 8.42 Å². The van der Waals surface area contributed by atoms with Crippen molar-refractivity contribution in [1.29, 1.82) is 0 Å². The Morgan fingerprint density at radius 1 is 1.06 bits per heavy atom. The van der Waals surface area contributed by atoms with Crippen molar-refractivity contribution >= 4 is 9.84 Å². The first-order valence-electron chi connectivity index (χ1n) is 6.58. The molecule has 4 nitrogen and oxygen atoms in total. The quantitative estimate of drug-likeness (QED) is 0.827. The van der Waals surface area contributed by atoms with Crippen LogP contribution in [0, 0.1) is 0 Å². The lowest BCUT2D eigenvalue weighted by atomic mass is 9.92. The van der Waals surface area contributed by atoms with E-state index in [0.717, 1.165) is 38.5 Å². The minimum absolute atomic E-state index is 0.179. The molecule has 1 aliphatic heterocycles. The summed E-state index contributed by atoms with van der Waals surface area (Å²) >= 11 is 0. The Kier molecular flexibility index (Phi) is 4.44. The number of sulfone groups is 1. The molecule has 1 heterocycles. The molecule has 2 rings (SSSR count). The second-order valence-corrected chi connectivity index (χ2v) is 7.56. The van der Waals surface area contributed by atoms with Crippen molar-refractivity contribution in [2.24, 2.45) is 0 Å². The van der Waals surface area contributed by atoms with Gasteiger partial charge in [-0.15, -0.1) is 0 Å². The average molecular weight is 261 g/mol. The Hall–Kier alpha value is -0.130. The van der Waals surface area contributed by atoms with Crippen molar-refractivity contribution in [2.75, 3.05) is 18.6 Å². The predicted octanol–water partition coefficient (Wildman–Crippen LogP) is 1.11. The first-order valence-corrected chi connectivity index (χ1v) is 8.40. The minimum atomic E-state index is -2.79. The molecule has 0 amide bonds. The molecule has 0 spiro atoms. The zero-order valence-corrected chi connectivity index (χ0v) is 11.3. The zero-order chi connectivity index (χ0) is 12.3. The molecule has 0 aromatic rings. The van der Waals surface area contributed by atoms with Crippen LogP contribution in [-0.2, 0) is 14.6 Å². The Morgan fingerprint density at radius 2 is 1.76 bits per heavy atom. The Balaban J connectivity index is 1.78. The van der Waals surface area contributed by atoms with E-state index in [2.05, 4.69) is 5.32 Å². The summed E-state index contributed by atoms with van der Waals surface area (Å²) in [5.41, 5.74) is 0. The SMILES string of the molecule is COC1CCC(NC2CCCS(=O)(=O)C2)CC1. The molecule has 1 saturated carbocycles. The van der Waals surface area contributed by atoms with Gasteiger partial charge in [-0.05, 0) is 38.5 Å². The van der Waals surface area contributed by atoms with Crippen LogP contribution in [0.15, 0.2) is 0 Å². The third kappa shape index (κ3) is 3.93. The molecule has 5 heteroatoms. The van der Waals surface area contributed by atoms with Crippen molar-refractivity contribution in [3.8, 4) is 0 Å². The van der Waals surface area contributed by atoms with Gasteiger partial charge in [0.25, 0.3) is 0 Å². The largest absolute Gasteiger partial charge is 0.381 e. The summed E-state index contributed by atoms with van der Waals surface area (Å²) in [4.78, 5) is 0. The maximum absolute atomic E-state index is 11.5. The standard InChI is InChI=1S/C12H23NO3S/c1-16-12-6-4-10(5-7-12)13-11-3-2-8-17(14,15)9-11/h10-13H,2-9H2,1H3. The Labute approximate surface area is 104 Å². The first kappa shape index (κ1) is 13.3. The molecule has 1 unspecified atom stereocenters. The summed E-state index contributed by atoms with van der Waals surface area (Å²) in [6.45, 7) is 0. The number of hydrogen-bond acceptors (Lipinski definition) is 4. The average Bonchev–Trinajstić information content (AvgIpc) is 2.29. The highest BCUT2D eigenvalue weighted by Gasteiger charge is 2.28. The first-order chi connectivity index (χ1) is 8.09. The molecule has 2 aliphatic rings. The van der Waals surface area contributed by atoms with E-state index in [0.29, 0.717) is 23.7 Å². The maximum Gasteiger partial charge on any atom is 0.151 e. The van der Waals surface area contributed by atoms with Gasteiger partial charge in [0.15, 0.2) is 9.84 Å². The van der Waals surface area contributed by atoms with Gasteiger partial charge in [-0.3, -0.25) is 0 Å². The molecule has 0 radical (unpaired) electrons. The second-order valence-electron chi connectivity index (χ2n) is 5.33. The van der Waals surface area contributed by atoms with Gasteiger partial charge < -0.3 is 10.1 Å². The van der Waals surface area contributed by atoms with Crippen molar-refractivity contribution < 1.29 is 13.2 Å². The highest BCUT2D eigenvalue weighted by molar-refractivity contribution is 7.91. The lowest BCUT2D eigenvalue weighted by Gasteiger charge is -2.33. The van der Waals surface area contributed by atoms with E-state index in [-0.39, 0.29) is 6.04 Å². The number of methoxy groups -OCH3 is 1. The fourth-order valence-electron chi connectivity index (χ4n) is 2.95. The molecule has 17 heavy (non-hydrogen) atoms. The topological polar surface area (TPSA) is 55.4 Å². The van der Waals surface area contributed by atoms with Gasteiger partial charge in [0.05, 0.1) is 17.6 Å². The molecule has 0 aromatic carbocycles. The monoisotopic (exact) mass is 261 g/mol. The third-order valence-electron chi connectivity index (χ3n) is 3.94. The molecule has 1 atom stereocenters. The van der Waals surface area contributed by atoms with Gasteiger partial charge >= 0.3 is 0 Å². The lowest BCUT2D eigenvalue weighted by Crippen LogP contribution is -2.46. The van der Waals surface area contributed by atoms with Crippen LogP contribution in [0.25, 0.3) is 0 Å². The second kappa shape index (κ2) is 5.67. The highest BCUT2D eigenvalue weighted by atomic mass is 32.2. The third-order valence-corrected chi connectivity index (χ3v) is 5.76. The highest BCUT2D eigenvalue weighted by Crippen LogP contribution is 2.22. The summed E-state index contributed by atoms with van der Waals surface area (Å²) in [7, 11) is -1.02. The van der Waals surface area contributed by atoms with Crippen molar-refractivity contribution in [2.45, 2.75) is 56.7 Å². The maximum atomic E-state index is 11.5. The van der Waals surface area contributed by atoms with Gasteiger partial charge in [-0.2, -0.15) is 0 Å². The van der Waals surface area contributed by atoms with Crippen LogP contribution in [0.5, 0.6) is 0 Å². The number of ether oxygens (including phenoxy) is 1. The van der Waals surface area contributed by atoms with Crippen molar-refractivity contribution in [1.82, 2.24) is 5.32 Å². The Bertz CT molecular complexity index is 334. The molecular formula is C12H23NO3S. The van der Waals surface area contributed by atoms with E-state index >= 15 is 0 Å². The Morgan fingerprint density at radius 3 is 2.35 bits per heavy atom. The van der Waals surface area contributed by atoms with E-state index < -0.39 is 9.84 Å². The van der Waals surface area contributed by atoms with Gasteiger partial charge in [0.2, 0.25) is 0 Å². The van der Waals surface area contributed by atoms with Gasteiger partial charge in [-0.25, -0.2) is 8.42 Å². The molecule has 0 bridgehead atoms. The number of nitrogens with one attached hydrogen (secondary N) is 1. The fourth-order valence-corrected chi connectivity index (χ4v) is 4.60. The summed E-state index contributed by atoms with van der Waals surface area (Å²) in [6, 6.07) is 0.664. The predicted molar refractivity (Wildman–Crippen MR) is 67.9 cm³/mol. The summed E-state index contributed by atoms with van der Waals surface area (Å²) in [5.74, 6) is 0.707. The lowest BCUT2D eigenvalue weighted by molar-refractivity contribution is 0.0612. The van der Waals surface area contributed by atoms with Crippen LogP contribution < -0.4 is 5.32 Å². The van der Waals surface area contributed by atoms with Crippen LogP contribution >= 0.6 is 0 Å². The zero-order valence-electron chi connectivity index (χ0n) is 10.5. The van der Waals surface area contributed by atoms with Crippen LogP contribution in [0.4, 0.5) is 0 Å². The molecular weight excluding hydrogens is 238 g/mol. The van der Waals surface area contributed by atoms with Crippen LogP contribution in [0.2, 0.25) is 0 Å². The van der Waals surface area contributed by atoms with Gasteiger partial charge in [-0.1, -0.05) is 0 Å². The van der Waals surface area contributed by atoms with E-state index in [4.69, 9.17) is 4.74 Å². The van der Waals surface area contributed by atoms with Gasteiger partial charge in [0, 0.05) is 19.2 Å². The van der Waals surface area contributed by atoms with Crippen molar-refractivity contribution in [3.63, 3.8) is 0 Å². The molecule has 100 valence electrons. The molecule has 1 N–H and O–H groups in total. The molecule has 1 aliphatic carbocycles. The van der Waals surface area contributed by atoms with Crippen molar-refractivity contribution in [3.05, 3.63) is 0 Å². The summed E-state index contributed by atoms with van der Waals surface area (Å²) in [5, 5.41) is 3.52. The molecule has 0 aromatic heterocycles. The van der Waals surface area contributed by atoms with Gasteiger partial charge in [0.1, 0.15) is 0 Å². The summed E-state index contributed by atoms with van der Waals surface area (Å²) in [6.07, 6.45) is 6.62. The fraction of sp³-hybridized carbons (Fsp3) is 1.00. The number of hydrogen-bond donors (Lipinski definition) is 1. The van der Waals surface area contributed by atoms with Crippen LogP contribution in [-0.4, -0.2) is 45.2 Å². The minimum Gasteiger partial charge on any atom is -0.381 e. The van der Waals surface area contributed by atoms with E-state index in [1.807, 2.05) is 0 Å². The van der Waals surface area contributed by atoms with E-state index in [1.165, 1.54) is 0 Å². The number of rotatable bonds is 3. The van der Waals surface area contributed by atoms with Crippen LogP contribution in [0.1, 0.15) is 38.5 Å².